The Kier molecular flexibility index (Phi) is 9.00. The molecule has 1 amide bonds. The first-order valence-electron chi connectivity index (χ1n) is 14.3. The Morgan fingerprint density at radius 2 is 1.57 bits per heavy atom. The lowest BCUT2D eigenvalue weighted by molar-refractivity contribution is 0.0946. The summed E-state index contributed by atoms with van der Waals surface area (Å²) in [5, 5.41) is 16.3. The smallest absolute Gasteiger partial charge is 0.267 e. The number of benzene rings is 2. The number of hydrogen-bond donors (Lipinski definition) is 4. The van der Waals surface area contributed by atoms with Gasteiger partial charge in [0.25, 0.3) is 5.91 Å². The Labute approximate surface area is 241 Å². The van der Waals surface area contributed by atoms with Crippen LogP contribution < -0.4 is 10.6 Å². The van der Waals surface area contributed by atoms with Crippen LogP contribution in [0.3, 0.4) is 0 Å². The van der Waals surface area contributed by atoms with Crippen molar-refractivity contribution < 1.29 is 18.3 Å². The van der Waals surface area contributed by atoms with Gasteiger partial charge in [0.05, 0.1) is 21.4 Å². The van der Waals surface area contributed by atoms with Crippen molar-refractivity contribution in [2.75, 3.05) is 0 Å². The van der Waals surface area contributed by atoms with Gasteiger partial charge in [-0.05, 0) is 59.9 Å². The summed E-state index contributed by atoms with van der Waals surface area (Å²) in [7, 11) is -3.86. The summed E-state index contributed by atoms with van der Waals surface area (Å²) in [6.45, 7) is 0.769. The Bertz CT molecular complexity index is 1440. The molecule has 1 aliphatic carbocycles. The number of nitrogens with one attached hydrogen (secondary N) is 3. The van der Waals surface area contributed by atoms with Crippen LogP contribution in [0.1, 0.15) is 90.7 Å². The molecule has 0 unspecified atom stereocenters. The maximum atomic E-state index is 13.1. The van der Waals surface area contributed by atoms with E-state index in [0.717, 1.165) is 24.1 Å². The minimum atomic E-state index is -3.86. The molecule has 1 aromatic heterocycles. The van der Waals surface area contributed by atoms with E-state index >= 15 is 0 Å². The zero-order valence-corrected chi connectivity index (χ0v) is 24.3. The molecule has 0 bridgehead atoms. The van der Waals surface area contributed by atoms with Crippen molar-refractivity contribution in [2.45, 2.75) is 99.2 Å². The van der Waals surface area contributed by atoms with Gasteiger partial charge in [-0.2, -0.15) is 0 Å². The molecule has 3 aromatic rings. The molecular weight excluding hydrogens is 546 g/mol. The summed E-state index contributed by atoms with van der Waals surface area (Å²) < 4.78 is 26.2. The van der Waals surface area contributed by atoms with E-state index in [0.29, 0.717) is 11.3 Å². The Morgan fingerprint density at radius 1 is 0.925 bits per heavy atom. The SMILES string of the molecule is O=C(NCc1ccc(S(=O)(=O)c2cc(CO)ccc2Cl)cc1)c1cc2c([nH]1)CC1(CCCCCCCCC1)NC2. The van der Waals surface area contributed by atoms with Crippen LogP contribution in [0.15, 0.2) is 58.3 Å². The van der Waals surface area contributed by atoms with E-state index in [4.69, 9.17) is 11.6 Å². The fourth-order valence-electron chi connectivity index (χ4n) is 5.99. The van der Waals surface area contributed by atoms with Crippen molar-refractivity contribution in [2.24, 2.45) is 0 Å². The lowest BCUT2D eigenvalue weighted by Gasteiger charge is -2.39. The highest BCUT2D eigenvalue weighted by molar-refractivity contribution is 7.91. The molecule has 2 aliphatic rings. The number of hydrogen-bond acceptors (Lipinski definition) is 5. The van der Waals surface area contributed by atoms with Gasteiger partial charge in [0.2, 0.25) is 9.84 Å². The lowest BCUT2D eigenvalue weighted by Crippen LogP contribution is -2.49. The molecule has 2 heterocycles. The summed E-state index contributed by atoms with van der Waals surface area (Å²) in [5.74, 6) is -0.182. The maximum absolute atomic E-state index is 13.1. The number of aliphatic hydroxyl groups is 1. The fraction of sp³-hybridized carbons (Fsp3) is 0.452. The van der Waals surface area contributed by atoms with Crippen molar-refractivity contribution >= 4 is 27.3 Å². The Hall–Kier alpha value is -2.65. The van der Waals surface area contributed by atoms with Crippen molar-refractivity contribution in [1.82, 2.24) is 15.6 Å². The average Bonchev–Trinajstić information content (AvgIpc) is 3.39. The maximum Gasteiger partial charge on any atom is 0.267 e. The summed E-state index contributed by atoms with van der Waals surface area (Å²) in [5.41, 5.74) is 4.25. The number of aromatic nitrogens is 1. The topological polar surface area (TPSA) is 111 Å². The van der Waals surface area contributed by atoms with Crippen molar-refractivity contribution in [3.8, 4) is 0 Å². The van der Waals surface area contributed by atoms with Crippen LogP contribution in [0.2, 0.25) is 5.02 Å². The van der Waals surface area contributed by atoms with Gasteiger partial charge >= 0.3 is 0 Å². The number of rotatable bonds is 6. The number of amides is 1. The van der Waals surface area contributed by atoms with Gasteiger partial charge in [0.15, 0.2) is 0 Å². The highest BCUT2D eigenvalue weighted by Gasteiger charge is 2.34. The Balaban J connectivity index is 1.22. The first kappa shape index (κ1) is 28.9. The van der Waals surface area contributed by atoms with Gasteiger partial charge < -0.3 is 20.7 Å². The first-order chi connectivity index (χ1) is 19.3. The van der Waals surface area contributed by atoms with Crippen LogP contribution in [-0.2, 0) is 36.0 Å². The fourth-order valence-corrected chi connectivity index (χ4v) is 7.80. The monoisotopic (exact) mass is 583 g/mol. The third kappa shape index (κ3) is 6.46. The number of halogens is 1. The van der Waals surface area contributed by atoms with Crippen LogP contribution in [0.4, 0.5) is 0 Å². The molecule has 1 fully saturated rings. The van der Waals surface area contributed by atoms with E-state index in [1.54, 1.807) is 18.2 Å². The average molecular weight is 584 g/mol. The summed E-state index contributed by atoms with van der Waals surface area (Å²) in [6, 6.07) is 12.8. The number of H-pyrrole nitrogens is 1. The quantitative estimate of drug-likeness (QED) is 0.292. The van der Waals surface area contributed by atoms with Gasteiger partial charge in [-0.3, -0.25) is 4.79 Å². The van der Waals surface area contributed by atoms with Crippen molar-refractivity contribution in [3.05, 3.63) is 81.6 Å². The highest BCUT2D eigenvalue weighted by atomic mass is 35.5. The number of sulfone groups is 1. The second-order valence-corrected chi connectivity index (χ2v) is 13.6. The second-order valence-electron chi connectivity index (χ2n) is 11.2. The van der Waals surface area contributed by atoms with Crippen molar-refractivity contribution in [3.63, 3.8) is 0 Å². The normalized spacial score (nSPS) is 17.8. The van der Waals surface area contributed by atoms with Gasteiger partial charge in [0, 0.05) is 30.7 Å². The van der Waals surface area contributed by atoms with Crippen LogP contribution in [0, 0.1) is 0 Å². The molecular formula is C31H38ClN3O4S. The minimum absolute atomic E-state index is 0.0424. The second kappa shape index (κ2) is 12.5. The molecule has 7 nitrogen and oxygen atoms in total. The molecule has 5 rings (SSSR count). The summed E-state index contributed by atoms with van der Waals surface area (Å²) >= 11 is 6.15. The molecule has 1 aliphatic heterocycles. The van der Waals surface area contributed by atoms with Crippen LogP contribution in [-0.4, -0.2) is 30.0 Å². The summed E-state index contributed by atoms with van der Waals surface area (Å²) in [4.78, 5) is 16.5. The standard InChI is InChI=1S/C31H38ClN3O4S/c32-26-13-10-23(21-36)16-29(26)40(38,39)25-11-8-22(9-12-25)19-33-30(37)27-17-24-20-34-31(18-28(24)35-27)14-6-4-2-1-3-5-7-15-31/h8-13,16-17,34-36H,1-7,14-15,18-21H2,(H,33,37). The molecule has 0 radical (unpaired) electrons. The number of fused-ring (bicyclic) bond motifs is 1. The van der Waals surface area contributed by atoms with Crippen molar-refractivity contribution in [1.29, 1.82) is 0 Å². The molecule has 4 N–H and O–H groups in total. The number of aliphatic hydroxyl groups excluding tert-OH is 1. The molecule has 214 valence electrons. The zero-order chi connectivity index (χ0) is 28.2. The molecule has 2 aromatic carbocycles. The molecule has 0 saturated heterocycles. The number of carbonyl (C=O) groups is 1. The molecule has 9 heteroatoms. The molecule has 40 heavy (non-hydrogen) atoms. The number of carbonyl (C=O) groups excluding carboxylic acids is 1. The van der Waals surface area contributed by atoms with Gasteiger partial charge in [-0.15, -0.1) is 0 Å². The van der Waals surface area contributed by atoms with Gasteiger partial charge in [-0.1, -0.05) is 74.7 Å². The van der Waals surface area contributed by atoms with E-state index in [1.807, 2.05) is 6.07 Å². The third-order valence-corrected chi connectivity index (χ3v) is 10.6. The largest absolute Gasteiger partial charge is 0.392 e. The molecule has 0 atom stereocenters. The first-order valence-corrected chi connectivity index (χ1v) is 16.1. The molecule has 1 spiro atoms. The predicted molar refractivity (Wildman–Crippen MR) is 156 cm³/mol. The van der Waals surface area contributed by atoms with Crippen LogP contribution in [0.5, 0.6) is 0 Å². The van der Waals surface area contributed by atoms with Crippen LogP contribution >= 0.6 is 11.6 Å². The van der Waals surface area contributed by atoms with E-state index < -0.39 is 9.84 Å². The van der Waals surface area contributed by atoms with E-state index in [-0.39, 0.29) is 39.4 Å². The lowest BCUT2D eigenvalue weighted by atomic mass is 9.79. The van der Waals surface area contributed by atoms with Gasteiger partial charge in [-0.25, -0.2) is 8.42 Å². The number of aromatic amines is 1. The predicted octanol–water partition coefficient (Wildman–Crippen LogP) is 5.83. The highest BCUT2D eigenvalue weighted by Crippen LogP contribution is 2.33. The van der Waals surface area contributed by atoms with Gasteiger partial charge in [0.1, 0.15) is 5.69 Å². The summed E-state index contributed by atoms with van der Waals surface area (Å²) in [6.07, 6.45) is 12.4. The third-order valence-electron chi connectivity index (χ3n) is 8.37. The van der Waals surface area contributed by atoms with E-state index in [9.17, 15) is 18.3 Å². The van der Waals surface area contributed by atoms with E-state index in [2.05, 4.69) is 15.6 Å². The van der Waals surface area contributed by atoms with E-state index in [1.165, 1.54) is 87.7 Å². The Morgan fingerprint density at radius 3 is 2.25 bits per heavy atom. The zero-order valence-electron chi connectivity index (χ0n) is 22.8. The van der Waals surface area contributed by atoms with Crippen LogP contribution in [0.25, 0.3) is 0 Å². The molecule has 1 saturated carbocycles. The minimum Gasteiger partial charge on any atom is -0.392 e.